The quantitative estimate of drug-likeness (QED) is 0.368. The highest BCUT2D eigenvalue weighted by molar-refractivity contribution is 7.47. The summed E-state index contributed by atoms with van der Waals surface area (Å²) in [6, 6.07) is 10.7. The molecule has 0 radical (unpaired) electrons. The topological polar surface area (TPSA) is 0 Å². The number of unbranched alkanes of at least 4 members (excludes halogenated alkanes) is 2. The van der Waals surface area contributed by atoms with E-state index >= 15 is 0 Å². The lowest BCUT2D eigenvalue weighted by Crippen LogP contribution is -1.93. The van der Waals surface area contributed by atoms with Gasteiger partial charge in [-0.15, -0.1) is 6.58 Å². The van der Waals surface area contributed by atoms with E-state index < -0.39 is 0 Å². The van der Waals surface area contributed by atoms with Crippen molar-refractivity contribution in [3.63, 3.8) is 0 Å². The van der Waals surface area contributed by atoms with Crippen LogP contribution in [-0.2, 0) is 0 Å². The van der Waals surface area contributed by atoms with Gasteiger partial charge in [-0.05, 0) is 30.7 Å². The summed E-state index contributed by atoms with van der Waals surface area (Å²) < 4.78 is 0. The predicted octanol–water partition coefficient (Wildman–Crippen LogP) is 3.35. The van der Waals surface area contributed by atoms with E-state index in [-0.39, 0.29) is 0 Å². The zero-order chi connectivity index (χ0) is 9.36. The van der Waals surface area contributed by atoms with Gasteiger partial charge in [0.15, 0.2) is 0 Å². The van der Waals surface area contributed by atoms with E-state index in [1.54, 1.807) is 0 Å². The second-order valence-electron chi connectivity index (χ2n) is 3.08. The minimum atomic E-state index is 0.981. The maximum absolute atomic E-state index is 3.72. The SMILES string of the molecule is C=CCCCCPc1ccccc1. The Bertz CT molecular complexity index is 228. The summed E-state index contributed by atoms with van der Waals surface area (Å²) in [5.41, 5.74) is 0. The van der Waals surface area contributed by atoms with Crippen molar-refractivity contribution in [2.45, 2.75) is 19.3 Å². The Labute approximate surface area is 82.8 Å². The molecule has 0 amide bonds. The highest BCUT2D eigenvalue weighted by atomic mass is 31.1. The van der Waals surface area contributed by atoms with Gasteiger partial charge in [0, 0.05) is 0 Å². The molecule has 1 aromatic carbocycles. The number of rotatable bonds is 6. The Kier molecular flexibility index (Phi) is 5.52. The summed E-state index contributed by atoms with van der Waals surface area (Å²) in [6.45, 7) is 3.72. The van der Waals surface area contributed by atoms with Crippen LogP contribution in [0.4, 0.5) is 0 Å². The molecule has 0 spiro atoms. The molecule has 1 rings (SSSR count). The van der Waals surface area contributed by atoms with Crippen LogP contribution in [0.3, 0.4) is 0 Å². The van der Waals surface area contributed by atoms with Crippen LogP contribution >= 0.6 is 8.58 Å². The number of allylic oxidation sites excluding steroid dienone is 1. The van der Waals surface area contributed by atoms with E-state index in [2.05, 4.69) is 36.9 Å². The molecular formula is C12H17P. The van der Waals surface area contributed by atoms with E-state index in [0.717, 1.165) is 8.58 Å². The number of hydrogen-bond donors (Lipinski definition) is 0. The van der Waals surface area contributed by atoms with Gasteiger partial charge in [-0.25, -0.2) is 0 Å². The van der Waals surface area contributed by atoms with Crippen molar-refractivity contribution in [1.82, 2.24) is 0 Å². The lowest BCUT2D eigenvalue weighted by molar-refractivity contribution is 0.823. The molecule has 0 aliphatic carbocycles. The largest absolute Gasteiger partial charge is 0.103 e. The van der Waals surface area contributed by atoms with Crippen LogP contribution in [0.2, 0.25) is 0 Å². The Morgan fingerprint density at radius 1 is 1.15 bits per heavy atom. The first-order valence-electron chi connectivity index (χ1n) is 4.83. The molecular weight excluding hydrogens is 175 g/mol. The molecule has 1 heteroatoms. The highest BCUT2D eigenvalue weighted by Gasteiger charge is 1.90. The summed E-state index contributed by atoms with van der Waals surface area (Å²) >= 11 is 0. The number of benzene rings is 1. The van der Waals surface area contributed by atoms with Crippen LogP contribution in [0.5, 0.6) is 0 Å². The molecule has 0 bridgehead atoms. The zero-order valence-corrected chi connectivity index (χ0v) is 9.00. The molecule has 0 saturated heterocycles. The fraction of sp³-hybridized carbons (Fsp3) is 0.333. The Balaban J connectivity index is 2.10. The molecule has 13 heavy (non-hydrogen) atoms. The summed E-state index contributed by atoms with van der Waals surface area (Å²) in [4.78, 5) is 0. The van der Waals surface area contributed by atoms with Crippen molar-refractivity contribution >= 4 is 13.9 Å². The highest BCUT2D eigenvalue weighted by Crippen LogP contribution is 2.12. The average Bonchev–Trinajstić information content (AvgIpc) is 2.19. The smallest absolute Gasteiger partial charge is 0.0271 e. The molecule has 0 fully saturated rings. The van der Waals surface area contributed by atoms with Gasteiger partial charge in [0.05, 0.1) is 0 Å². The van der Waals surface area contributed by atoms with Crippen molar-refractivity contribution in [2.24, 2.45) is 0 Å². The third kappa shape index (κ3) is 4.85. The van der Waals surface area contributed by atoms with Crippen molar-refractivity contribution in [1.29, 1.82) is 0 Å². The average molecular weight is 192 g/mol. The Hall–Kier alpha value is -0.610. The maximum atomic E-state index is 3.72. The summed E-state index contributed by atoms with van der Waals surface area (Å²) in [7, 11) is 0.981. The molecule has 0 aromatic heterocycles. The molecule has 1 unspecified atom stereocenters. The molecule has 0 aliphatic heterocycles. The molecule has 0 N–H and O–H groups in total. The van der Waals surface area contributed by atoms with Crippen LogP contribution in [0.25, 0.3) is 0 Å². The van der Waals surface area contributed by atoms with Gasteiger partial charge >= 0.3 is 0 Å². The van der Waals surface area contributed by atoms with E-state index in [1.165, 1.54) is 30.7 Å². The van der Waals surface area contributed by atoms with Crippen LogP contribution in [-0.4, -0.2) is 6.16 Å². The Morgan fingerprint density at radius 3 is 2.62 bits per heavy atom. The third-order valence-electron chi connectivity index (χ3n) is 1.94. The van der Waals surface area contributed by atoms with Crippen molar-refractivity contribution < 1.29 is 0 Å². The first-order valence-corrected chi connectivity index (χ1v) is 6.04. The molecule has 0 saturated carbocycles. The standard InChI is InChI=1S/C12H17P/c1-2-3-4-8-11-13-12-9-6-5-7-10-12/h2,5-7,9-10,13H,1,3-4,8,11H2. The first-order chi connectivity index (χ1) is 6.43. The fourth-order valence-corrected chi connectivity index (χ4v) is 2.35. The lowest BCUT2D eigenvalue weighted by Gasteiger charge is -2.00. The van der Waals surface area contributed by atoms with Gasteiger partial charge in [-0.3, -0.25) is 0 Å². The van der Waals surface area contributed by atoms with E-state index in [1.807, 2.05) is 6.08 Å². The summed E-state index contributed by atoms with van der Waals surface area (Å²) in [5.74, 6) is 0. The van der Waals surface area contributed by atoms with Crippen LogP contribution in [0, 0.1) is 0 Å². The second kappa shape index (κ2) is 6.86. The van der Waals surface area contributed by atoms with Crippen LogP contribution < -0.4 is 5.30 Å². The molecule has 1 aromatic rings. The monoisotopic (exact) mass is 192 g/mol. The molecule has 0 heterocycles. The second-order valence-corrected chi connectivity index (χ2v) is 4.51. The van der Waals surface area contributed by atoms with E-state index in [4.69, 9.17) is 0 Å². The van der Waals surface area contributed by atoms with Gasteiger partial charge in [0.2, 0.25) is 0 Å². The zero-order valence-electron chi connectivity index (χ0n) is 8.00. The van der Waals surface area contributed by atoms with E-state index in [0.29, 0.717) is 0 Å². The summed E-state index contributed by atoms with van der Waals surface area (Å²) in [5, 5.41) is 1.49. The van der Waals surface area contributed by atoms with E-state index in [9.17, 15) is 0 Å². The molecule has 0 aliphatic rings. The van der Waals surface area contributed by atoms with Gasteiger partial charge in [-0.2, -0.15) is 0 Å². The van der Waals surface area contributed by atoms with Crippen molar-refractivity contribution in [3.8, 4) is 0 Å². The Morgan fingerprint density at radius 2 is 1.92 bits per heavy atom. The van der Waals surface area contributed by atoms with Crippen molar-refractivity contribution in [3.05, 3.63) is 43.0 Å². The first kappa shape index (κ1) is 10.5. The maximum Gasteiger partial charge on any atom is -0.0271 e. The summed E-state index contributed by atoms with van der Waals surface area (Å²) in [6.07, 6.45) is 7.13. The lowest BCUT2D eigenvalue weighted by atomic mass is 10.2. The van der Waals surface area contributed by atoms with Gasteiger partial charge < -0.3 is 0 Å². The normalized spacial score (nSPS) is 10.8. The third-order valence-corrected chi connectivity index (χ3v) is 3.28. The predicted molar refractivity (Wildman–Crippen MR) is 63.3 cm³/mol. The number of hydrogen-bond acceptors (Lipinski definition) is 0. The van der Waals surface area contributed by atoms with Crippen LogP contribution in [0.15, 0.2) is 43.0 Å². The van der Waals surface area contributed by atoms with Crippen molar-refractivity contribution in [2.75, 3.05) is 6.16 Å². The molecule has 0 nitrogen and oxygen atoms in total. The van der Waals surface area contributed by atoms with Gasteiger partial charge in [0.1, 0.15) is 0 Å². The minimum Gasteiger partial charge on any atom is -0.103 e. The molecule has 70 valence electrons. The molecule has 1 atom stereocenters. The minimum absolute atomic E-state index is 0.981. The van der Waals surface area contributed by atoms with Gasteiger partial charge in [-0.1, -0.05) is 45.0 Å². The van der Waals surface area contributed by atoms with Crippen LogP contribution in [0.1, 0.15) is 19.3 Å². The fourth-order valence-electron chi connectivity index (χ4n) is 1.20. The van der Waals surface area contributed by atoms with Gasteiger partial charge in [0.25, 0.3) is 0 Å².